The summed E-state index contributed by atoms with van der Waals surface area (Å²) >= 11 is 0. The van der Waals surface area contributed by atoms with E-state index in [1.165, 1.54) is 24.3 Å². The topological polar surface area (TPSA) is 35.2 Å². The van der Waals surface area contributed by atoms with Crippen molar-refractivity contribution >= 4 is 0 Å². The van der Waals surface area contributed by atoms with Gasteiger partial charge < -0.3 is 10.5 Å². The van der Waals surface area contributed by atoms with E-state index in [1.807, 2.05) is 0 Å². The van der Waals surface area contributed by atoms with E-state index in [-0.39, 0.29) is 23.8 Å². The monoisotopic (exact) mass is 261 g/mol. The lowest BCUT2D eigenvalue weighted by Gasteiger charge is -2.30. The minimum atomic E-state index is -0.356. The Balaban J connectivity index is 1.93. The number of hydrogen-bond donors (Lipinski definition) is 1. The lowest BCUT2D eigenvalue weighted by molar-refractivity contribution is 0.160. The molecule has 1 aliphatic heterocycles. The second kappa shape index (κ2) is 4.63. The maximum absolute atomic E-state index is 13.2. The number of ether oxygens (including phenoxy) is 1. The predicted octanol–water partition coefficient (Wildman–Crippen LogP) is 3.49. The molecule has 2 aromatic rings. The van der Waals surface area contributed by atoms with E-state index in [4.69, 9.17) is 10.5 Å². The second-order valence-corrected chi connectivity index (χ2v) is 4.68. The molecule has 2 aromatic carbocycles. The van der Waals surface area contributed by atoms with Crippen molar-refractivity contribution in [2.75, 3.05) is 0 Å². The Morgan fingerprint density at radius 3 is 2.42 bits per heavy atom. The fourth-order valence-electron chi connectivity index (χ4n) is 2.36. The van der Waals surface area contributed by atoms with Gasteiger partial charge in [-0.05, 0) is 23.8 Å². The molecule has 2 N–H and O–H groups in total. The van der Waals surface area contributed by atoms with Gasteiger partial charge in [-0.15, -0.1) is 0 Å². The molecule has 3 rings (SSSR count). The summed E-state index contributed by atoms with van der Waals surface area (Å²) in [6.07, 6.45) is 0.314. The normalized spacial score (nSPS) is 21.6. The smallest absolute Gasteiger partial charge is 0.127 e. The van der Waals surface area contributed by atoms with Crippen LogP contribution in [0.15, 0.2) is 42.5 Å². The number of benzene rings is 2. The van der Waals surface area contributed by atoms with Crippen LogP contribution in [-0.2, 0) is 0 Å². The molecule has 19 heavy (non-hydrogen) atoms. The van der Waals surface area contributed by atoms with Crippen molar-refractivity contribution in [2.45, 2.75) is 18.6 Å². The van der Waals surface area contributed by atoms with Crippen molar-refractivity contribution in [1.82, 2.24) is 0 Å². The molecule has 0 bridgehead atoms. The zero-order chi connectivity index (χ0) is 13.4. The van der Waals surface area contributed by atoms with Gasteiger partial charge in [-0.2, -0.15) is 0 Å². The maximum atomic E-state index is 13.2. The highest BCUT2D eigenvalue weighted by Crippen LogP contribution is 2.39. The van der Waals surface area contributed by atoms with Crippen molar-refractivity contribution < 1.29 is 13.5 Å². The molecule has 2 atom stereocenters. The number of halogens is 2. The molecule has 98 valence electrons. The third-order valence-corrected chi connectivity index (χ3v) is 3.35. The standard InChI is InChI=1S/C15H13F2NO/c16-10-3-1-9(2-4-10)14-8-13(18)12-6-5-11(17)7-15(12)19-14/h1-7,13-14H,8,18H2/t13-,14?/m0/s1. The summed E-state index contributed by atoms with van der Waals surface area (Å²) in [7, 11) is 0. The van der Waals surface area contributed by atoms with Gasteiger partial charge in [0.15, 0.2) is 0 Å². The summed E-state index contributed by atoms with van der Waals surface area (Å²) < 4.78 is 31.9. The first-order chi connectivity index (χ1) is 9.13. The van der Waals surface area contributed by atoms with E-state index in [0.717, 1.165) is 11.1 Å². The van der Waals surface area contributed by atoms with Crippen LogP contribution >= 0.6 is 0 Å². The van der Waals surface area contributed by atoms with Gasteiger partial charge >= 0.3 is 0 Å². The highest BCUT2D eigenvalue weighted by molar-refractivity contribution is 5.39. The molecule has 0 radical (unpaired) electrons. The van der Waals surface area contributed by atoms with Crippen LogP contribution in [0.4, 0.5) is 8.78 Å². The van der Waals surface area contributed by atoms with Crippen molar-refractivity contribution in [3.05, 3.63) is 65.2 Å². The SMILES string of the molecule is N[C@H]1CC(c2ccc(F)cc2)Oc2cc(F)ccc21. The highest BCUT2D eigenvalue weighted by Gasteiger charge is 2.27. The largest absolute Gasteiger partial charge is 0.485 e. The average Bonchev–Trinajstić information content (AvgIpc) is 2.38. The van der Waals surface area contributed by atoms with Crippen LogP contribution < -0.4 is 10.5 Å². The quantitative estimate of drug-likeness (QED) is 0.852. The average molecular weight is 261 g/mol. The van der Waals surface area contributed by atoms with Crippen LogP contribution in [0.3, 0.4) is 0 Å². The number of nitrogens with two attached hydrogens (primary N) is 1. The van der Waals surface area contributed by atoms with Crippen LogP contribution in [-0.4, -0.2) is 0 Å². The molecule has 0 aliphatic carbocycles. The van der Waals surface area contributed by atoms with E-state index in [1.54, 1.807) is 18.2 Å². The summed E-state index contributed by atoms with van der Waals surface area (Å²) in [4.78, 5) is 0. The van der Waals surface area contributed by atoms with Crippen molar-refractivity contribution in [3.63, 3.8) is 0 Å². The molecule has 0 saturated carbocycles. The minimum Gasteiger partial charge on any atom is -0.485 e. The first kappa shape index (κ1) is 12.1. The van der Waals surface area contributed by atoms with E-state index >= 15 is 0 Å². The first-order valence-corrected chi connectivity index (χ1v) is 6.10. The van der Waals surface area contributed by atoms with Gasteiger partial charge in [0.05, 0.1) is 0 Å². The minimum absolute atomic E-state index is 0.209. The van der Waals surface area contributed by atoms with Crippen LogP contribution in [0.1, 0.15) is 29.7 Å². The summed E-state index contributed by atoms with van der Waals surface area (Å²) in [6.45, 7) is 0. The molecule has 1 unspecified atom stereocenters. The lowest BCUT2D eigenvalue weighted by Crippen LogP contribution is -2.24. The Morgan fingerprint density at radius 1 is 1.00 bits per heavy atom. The lowest BCUT2D eigenvalue weighted by atomic mass is 9.93. The van der Waals surface area contributed by atoms with E-state index in [0.29, 0.717) is 12.2 Å². The third-order valence-electron chi connectivity index (χ3n) is 3.35. The molecule has 1 heterocycles. The molecule has 0 fully saturated rings. The first-order valence-electron chi connectivity index (χ1n) is 6.10. The zero-order valence-electron chi connectivity index (χ0n) is 10.1. The molecule has 0 saturated heterocycles. The van der Waals surface area contributed by atoms with E-state index < -0.39 is 0 Å². The van der Waals surface area contributed by atoms with Crippen molar-refractivity contribution in [2.24, 2.45) is 5.73 Å². The summed E-state index contributed by atoms with van der Waals surface area (Å²) in [6, 6.07) is 10.2. The van der Waals surface area contributed by atoms with Crippen LogP contribution in [0, 0.1) is 11.6 Å². The van der Waals surface area contributed by atoms with Gasteiger partial charge in [-0.25, -0.2) is 8.78 Å². The molecule has 2 nitrogen and oxygen atoms in total. The number of fused-ring (bicyclic) bond motifs is 1. The Bertz CT molecular complexity index is 598. The third kappa shape index (κ3) is 2.31. The van der Waals surface area contributed by atoms with E-state index in [2.05, 4.69) is 0 Å². The Hall–Kier alpha value is -1.94. The molecule has 0 spiro atoms. The van der Waals surface area contributed by atoms with Gasteiger partial charge in [0.1, 0.15) is 23.5 Å². The Kier molecular flexibility index (Phi) is 2.95. The molecular formula is C15H13F2NO. The Morgan fingerprint density at radius 2 is 1.68 bits per heavy atom. The van der Waals surface area contributed by atoms with Crippen LogP contribution in [0.2, 0.25) is 0 Å². The molecule has 4 heteroatoms. The van der Waals surface area contributed by atoms with Gasteiger partial charge in [-0.1, -0.05) is 18.2 Å². The summed E-state index contributed by atoms with van der Waals surface area (Å²) in [5, 5.41) is 0. The predicted molar refractivity (Wildman–Crippen MR) is 67.7 cm³/mol. The molecular weight excluding hydrogens is 248 g/mol. The molecule has 1 aliphatic rings. The van der Waals surface area contributed by atoms with Crippen LogP contribution in [0.5, 0.6) is 5.75 Å². The molecule has 0 amide bonds. The number of hydrogen-bond acceptors (Lipinski definition) is 2. The zero-order valence-corrected chi connectivity index (χ0v) is 10.1. The van der Waals surface area contributed by atoms with Gasteiger partial charge in [0.25, 0.3) is 0 Å². The highest BCUT2D eigenvalue weighted by atomic mass is 19.1. The fourth-order valence-corrected chi connectivity index (χ4v) is 2.36. The van der Waals surface area contributed by atoms with Crippen molar-refractivity contribution in [3.8, 4) is 5.75 Å². The van der Waals surface area contributed by atoms with Gasteiger partial charge in [-0.3, -0.25) is 0 Å². The Labute approximate surface area is 109 Å². The summed E-state index contributed by atoms with van der Waals surface area (Å²) in [5.41, 5.74) is 7.72. The number of rotatable bonds is 1. The summed E-state index contributed by atoms with van der Waals surface area (Å²) in [5.74, 6) is -0.186. The second-order valence-electron chi connectivity index (χ2n) is 4.68. The van der Waals surface area contributed by atoms with Crippen molar-refractivity contribution in [1.29, 1.82) is 0 Å². The fraction of sp³-hybridized carbons (Fsp3) is 0.200. The van der Waals surface area contributed by atoms with Crippen LogP contribution in [0.25, 0.3) is 0 Å². The van der Waals surface area contributed by atoms with E-state index in [9.17, 15) is 8.78 Å². The van der Waals surface area contributed by atoms with Gasteiger partial charge in [0.2, 0.25) is 0 Å². The maximum Gasteiger partial charge on any atom is 0.127 e. The van der Waals surface area contributed by atoms with Gasteiger partial charge in [0, 0.05) is 24.1 Å². The molecule has 0 aromatic heterocycles.